The van der Waals surface area contributed by atoms with E-state index in [9.17, 15) is 4.79 Å². The van der Waals surface area contributed by atoms with Gasteiger partial charge in [0, 0.05) is 16.4 Å². The minimum Gasteiger partial charge on any atom is -0.503 e. The van der Waals surface area contributed by atoms with E-state index in [4.69, 9.17) is 13.9 Å². The van der Waals surface area contributed by atoms with Gasteiger partial charge in [0.25, 0.3) is 0 Å². The second kappa shape index (κ2) is 5.64. The van der Waals surface area contributed by atoms with Crippen molar-refractivity contribution in [2.24, 2.45) is 0 Å². The zero-order chi connectivity index (χ0) is 15.6. The standard InChI is InChI=1S/C17H20O4/c1-17(2,3)14-9-11-7-6-8-12(15(11)21-14)13(10-19-4)16(18)20-5/h6-10H,1-5H3/b13-10+. The lowest BCUT2D eigenvalue weighted by molar-refractivity contribution is -0.133. The van der Waals surface area contributed by atoms with Gasteiger partial charge in [-0.15, -0.1) is 0 Å². The number of ether oxygens (including phenoxy) is 2. The van der Waals surface area contributed by atoms with Crippen molar-refractivity contribution in [2.45, 2.75) is 26.2 Å². The molecule has 2 rings (SSSR count). The molecule has 0 spiro atoms. The molecule has 112 valence electrons. The van der Waals surface area contributed by atoms with Gasteiger partial charge in [0.2, 0.25) is 0 Å². The van der Waals surface area contributed by atoms with Crippen LogP contribution in [0, 0.1) is 0 Å². The Hall–Kier alpha value is -2.23. The molecule has 0 N–H and O–H groups in total. The molecule has 4 heteroatoms. The average Bonchev–Trinajstić information content (AvgIpc) is 2.88. The van der Waals surface area contributed by atoms with E-state index in [1.165, 1.54) is 20.5 Å². The van der Waals surface area contributed by atoms with Crippen molar-refractivity contribution in [3.05, 3.63) is 41.9 Å². The van der Waals surface area contributed by atoms with Crippen molar-refractivity contribution in [1.29, 1.82) is 0 Å². The number of hydrogen-bond donors (Lipinski definition) is 0. The van der Waals surface area contributed by atoms with Crippen LogP contribution in [0.5, 0.6) is 0 Å². The summed E-state index contributed by atoms with van der Waals surface area (Å²) < 4.78 is 15.8. The number of rotatable bonds is 3. The first kappa shape index (κ1) is 15.2. The summed E-state index contributed by atoms with van der Waals surface area (Å²) in [5, 5.41) is 0.948. The van der Waals surface area contributed by atoms with Crippen LogP contribution in [-0.2, 0) is 19.7 Å². The number of fused-ring (bicyclic) bond motifs is 1. The summed E-state index contributed by atoms with van der Waals surface area (Å²) >= 11 is 0. The highest BCUT2D eigenvalue weighted by Gasteiger charge is 2.22. The second-order valence-electron chi connectivity index (χ2n) is 5.84. The van der Waals surface area contributed by atoms with Gasteiger partial charge in [-0.25, -0.2) is 4.79 Å². The quantitative estimate of drug-likeness (QED) is 0.488. The molecule has 21 heavy (non-hydrogen) atoms. The number of furan rings is 1. The Morgan fingerprint density at radius 2 is 1.95 bits per heavy atom. The molecular weight excluding hydrogens is 268 g/mol. The number of para-hydroxylation sites is 1. The van der Waals surface area contributed by atoms with Gasteiger partial charge in [0.05, 0.1) is 20.5 Å². The molecule has 0 unspecified atom stereocenters. The number of hydrogen-bond acceptors (Lipinski definition) is 4. The predicted molar refractivity (Wildman–Crippen MR) is 81.9 cm³/mol. The molecule has 0 atom stereocenters. The predicted octanol–water partition coefficient (Wildman–Crippen LogP) is 3.89. The lowest BCUT2D eigenvalue weighted by atomic mass is 9.93. The van der Waals surface area contributed by atoms with Gasteiger partial charge in [-0.2, -0.15) is 0 Å². The maximum atomic E-state index is 11.9. The molecule has 0 fully saturated rings. The molecular formula is C17H20O4. The fraction of sp³-hybridized carbons (Fsp3) is 0.353. The molecule has 2 aromatic rings. The highest BCUT2D eigenvalue weighted by Crippen LogP contribution is 2.33. The summed E-state index contributed by atoms with van der Waals surface area (Å²) in [6.07, 6.45) is 1.37. The summed E-state index contributed by atoms with van der Waals surface area (Å²) in [6, 6.07) is 7.66. The van der Waals surface area contributed by atoms with Gasteiger partial charge >= 0.3 is 5.97 Å². The normalized spacial score (nSPS) is 12.5. The van der Waals surface area contributed by atoms with Crippen LogP contribution in [0.4, 0.5) is 0 Å². The molecule has 0 aliphatic heterocycles. The highest BCUT2D eigenvalue weighted by atomic mass is 16.5. The lowest BCUT2D eigenvalue weighted by Gasteiger charge is -2.13. The number of carbonyl (C=O) groups is 1. The van der Waals surface area contributed by atoms with E-state index in [0.717, 1.165) is 11.1 Å². The van der Waals surface area contributed by atoms with Gasteiger partial charge in [-0.1, -0.05) is 39.0 Å². The first-order valence-corrected chi connectivity index (χ1v) is 6.73. The Morgan fingerprint density at radius 3 is 2.52 bits per heavy atom. The maximum absolute atomic E-state index is 11.9. The van der Waals surface area contributed by atoms with Crippen molar-refractivity contribution in [2.75, 3.05) is 14.2 Å². The van der Waals surface area contributed by atoms with Crippen molar-refractivity contribution in [3.8, 4) is 0 Å². The Bertz CT molecular complexity index is 686. The number of carbonyl (C=O) groups excluding carboxylic acids is 1. The van der Waals surface area contributed by atoms with Gasteiger partial charge in [-0.05, 0) is 6.07 Å². The van der Waals surface area contributed by atoms with Crippen LogP contribution in [0.25, 0.3) is 16.5 Å². The smallest absolute Gasteiger partial charge is 0.341 e. The monoisotopic (exact) mass is 288 g/mol. The highest BCUT2D eigenvalue weighted by molar-refractivity contribution is 6.19. The van der Waals surface area contributed by atoms with E-state index in [1.807, 2.05) is 24.3 Å². The van der Waals surface area contributed by atoms with Crippen LogP contribution in [0.1, 0.15) is 32.1 Å². The fourth-order valence-electron chi connectivity index (χ4n) is 2.09. The third-order valence-electron chi connectivity index (χ3n) is 3.21. The van der Waals surface area contributed by atoms with Gasteiger partial charge < -0.3 is 13.9 Å². The second-order valence-corrected chi connectivity index (χ2v) is 5.84. The van der Waals surface area contributed by atoms with E-state index in [1.54, 1.807) is 0 Å². The first-order valence-electron chi connectivity index (χ1n) is 6.73. The molecule has 1 heterocycles. The summed E-state index contributed by atoms with van der Waals surface area (Å²) in [6.45, 7) is 6.24. The summed E-state index contributed by atoms with van der Waals surface area (Å²) in [7, 11) is 2.83. The Labute approximate surface area is 124 Å². The first-order chi connectivity index (χ1) is 9.88. The zero-order valence-electron chi connectivity index (χ0n) is 13.0. The van der Waals surface area contributed by atoms with E-state index >= 15 is 0 Å². The van der Waals surface area contributed by atoms with E-state index < -0.39 is 5.97 Å². The van der Waals surface area contributed by atoms with Crippen molar-refractivity contribution >= 4 is 22.5 Å². The third-order valence-corrected chi connectivity index (χ3v) is 3.21. The summed E-state index contributed by atoms with van der Waals surface area (Å²) in [4.78, 5) is 11.9. The molecule has 1 aromatic heterocycles. The van der Waals surface area contributed by atoms with Gasteiger partial charge in [0.1, 0.15) is 16.9 Å². The minimum absolute atomic E-state index is 0.104. The van der Waals surface area contributed by atoms with Gasteiger partial charge in [0.15, 0.2) is 0 Å². The summed E-state index contributed by atoms with van der Waals surface area (Å²) in [5.74, 6) is 0.407. The SMILES string of the molecule is CO/C=C(/C(=O)OC)c1cccc2cc(C(C)(C)C)oc12. The maximum Gasteiger partial charge on any atom is 0.341 e. The average molecular weight is 288 g/mol. The topological polar surface area (TPSA) is 48.7 Å². The van der Waals surface area contributed by atoms with Crippen molar-refractivity contribution < 1.29 is 18.7 Å². The van der Waals surface area contributed by atoms with E-state index in [0.29, 0.717) is 16.7 Å². The summed E-state index contributed by atoms with van der Waals surface area (Å²) in [5.41, 5.74) is 1.56. The third kappa shape index (κ3) is 2.94. The number of methoxy groups -OCH3 is 2. The molecule has 0 amide bonds. The fourth-order valence-corrected chi connectivity index (χ4v) is 2.09. The van der Waals surface area contributed by atoms with Crippen LogP contribution in [-0.4, -0.2) is 20.2 Å². The number of esters is 1. The molecule has 0 saturated heterocycles. The number of benzene rings is 1. The van der Waals surface area contributed by atoms with Crippen molar-refractivity contribution in [3.63, 3.8) is 0 Å². The Morgan fingerprint density at radius 1 is 1.24 bits per heavy atom. The largest absolute Gasteiger partial charge is 0.503 e. The van der Waals surface area contributed by atoms with E-state index in [2.05, 4.69) is 20.8 Å². The van der Waals surface area contributed by atoms with E-state index in [-0.39, 0.29) is 5.41 Å². The van der Waals surface area contributed by atoms with Crippen LogP contribution in [0.2, 0.25) is 0 Å². The minimum atomic E-state index is -0.460. The Kier molecular flexibility index (Phi) is 4.07. The molecule has 0 bridgehead atoms. The zero-order valence-corrected chi connectivity index (χ0v) is 13.0. The molecule has 1 aromatic carbocycles. The Balaban J connectivity index is 2.66. The van der Waals surface area contributed by atoms with Crippen LogP contribution >= 0.6 is 0 Å². The molecule has 0 radical (unpaired) electrons. The van der Waals surface area contributed by atoms with Gasteiger partial charge in [-0.3, -0.25) is 0 Å². The molecule has 0 aliphatic carbocycles. The molecule has 0 aliphatic rings. The molecule has 0 saturated carbocycles. The lowest BCUT2D eigenvalue weighted by Crippen LogP contribution is -2.09. The van der Waals surface area contributed by atoms with Crippen LogP contribution < -0.4 is 0 Å². The van der Waals surface area contributed by atoms with Crippen LogP contribution in [0.3, 0.4) is 0 Å². The van der Waals surface area contributed by atoms with Crippen LogP contribution in [0.15, 0.2) is 34.9 Å². The van der Waals surface area contributed by atoms with Crippen molar-refractivity contribution in [1.82, 2.24) is 0 Å². The molecule has 4 nitrogen and oxygen atoms in total.